The summed E-state index contributed by atoms with van der Waals surface area (Å²) in [4.78, 5) is 51.0. The van der Waals surface area contributed by atoms with Gasteiger partial charge in [0.05, 0.1) is 22.1 Å². The maximum atomic E-state index is 12.8. The number of carboxylic acids is 1. The number of rotatable bonds is 6. The van der Waals surface area contributed by atoms with Crippen LogP contribution in [0.25, 0.3) is 0 Å². The van der Waals surface area contributed by atoms with Gasteiger partial charge < -0.3 is 10.4 Å². The number of anilines is 2. The number of carboxylic acid groups (broad SMARTS) is 1. The molecule has 1 atom stereocenters. The SMILES string of the molecule is O=C(O)c1ccccc1C(=O)Nc1ccc(SC2CC(=O)N(c3ccc(Cl)cc3)C2=O)cc1. The highest BCUT2D eigenvalue weighted by atomic mass is 35.5. The summed E-state index contributed by atoms with van der Waals surface area (Å²) < 4.78 is 0. The minimum absolute atomic E-state index is 0.0563. The molecule has 0 bridgehead atoms. The molecule has 1 aliphatic heterocycles. The van der Waals surface area contributed by atoms with E-state index >= 15 is 0 Å². The zero-order valence-electron chi connectivity index (χ0n) is 17.0. The van der Waals surface area contributed by atoms with E-state index < -0.39 is 17.1 Å². The zero-order valence-corrected chi connectivity index (χ0v) is 18.6. The fraction of sp³-hybridized carbons (Fsp3) is 0.0833. The lowest BCUT2D eigenvalue weighted by molar-refractivity contribution is -0.121. The standard InChI is InChI=1S/C24H17ClN2O5S/c25-14-5-9-16(10-6-14)27-21(28)13-20(23(27)30)33-17-11-7-15(8-12-17)26-22(29)18-3-1-2-4-19(18)24(31)32/h1-12,20H,13H2,(H,26,29)(H,31,32). The number of hydrogen-bond acceptors (Lipinski definition) is 5. The molecule has 0 aliphatic carbocycles. The molecule has 0 spiro atoms. The number of hydrogen-bond donors (Lipinski definition) is 2. The van der Waals surface area contributed by atoms with E-state index in [0.717, 1.165) is 4.90 Å². The molecule has 0 radical (unpaired) electrons. The molecule has 7 nitrogen and oxygen atoms in total. The lowest BCUT2D eigenvalue weighted by Crippen LogP contribution is -2.31. The Bertz CT molecular complexity index is 1240. The van der Waals surface area contributed by atoms with Gasteiger partial charge in [0, 0.05) is 22.0 Å². The summed E-state index contributed by atoms with van der Waals surface area (Å²) >= 11 is 7.15. The van der Waals surface area contributed by atoms with Gasteiger partial charge in [-0.05, 0) is 60.7 Å². The second-order valence-electron chi connectivity index (χ2n) is 7.18. The van der Waals surface area contributed by atoms with Crippen molar-refractivity contribution in [3.8, 4) is 0 Å². The van der Waals surface area contributed by atoms with Crippen molar-refractivity contribution in [3.05, 3.63) is 88.9 Å². The molecule has 9 heteroatoms. The Kier molecular flexibility index (Phi) is 6.48. The van der Waals surface area contributed by atoms with Crippen LogP contribution in [0.4, 0.5) is 11.4 Å². The summed E-state index contributed by atoms with van der Waals surface area (Å²) in [5, 5.41) is 11.9. The second kappa shape index (κ2) is 9.48. The molecule has 0 saturated carbocycles. The lowest BCUT2D eigenvalue weighted by Gasteiger charge is -2.15. The summed E-state index contributed by atoms with van der Waals surface area (Å²) in [6, 6.07) is 19.2. The van der Waals surface area contributed by atoms with Crippen LogP contribution in [0, 0.1) is 0 Å². The first kappa shape index (κ1) is 22.6. The lowest BCUT2D eigenvalue weighted by atomic mass is 10.1. The maximum Gasteiger partial charge on any atom is 0.336 e. The van der Waals surface area contributed by atoms with Crippen LogP contribution in [0.15, 0.2) is 77.7 Å². The van der Waals surface area contributed by atoms with E-state index in [2.05, 4.69) is 5.32 Å². The summed E-state index contributed by atoms with van der Waals surface area (Å²) in [5.74, 6) is -2.30. The molecule has 4 rings (SSSR count). The molecule has 3 amide bonds. The quantitative estimate of drug-likeness (QED) is 0.495. The first-order valence-electron chi connectivity index (χ1n) is 9.86. The van der Waals surface area contributed by atoms with Crippen LogP contribution in [0.2, 0.25) is 5.02 Å². The van der Waals surface area contributed by atoms with Crippen molar-refractivity contribution in [1.82, 2.24) is 0 Å². The van der Waals surface area contributed by atoms with Crippen LogP contribution in [0.5, 0.6) is 0 Å². The third-order valence-corrected chi connectivity index (χ3v) is 6.43. The summed E-state index contributed by atoms with van der Waals surface area (Å²) in [6.45, 7) is 0. The predicted octanol–water partition coefficient (Wildman–Crippen LogP) is 4.71. The average Bonchev–Trinajstić information content (AvgIpc) is 3.08. The Labute approximate surface area is 198 Å². The number of halogens is 1. The van der Waals surface area contributed by atoms with Gasteiger partial charge in [-0.25, -0.2) is 9.69 Å². The van der Waals surface area contributed by atoms with Crippen molar-refractivity contribution in [2.24, 2.45) is 0 Å². The second-order valence-corrected chi connectivity index (χ2v) is 8.90. The fourth-order valence-electron chi connectivity index (χ4n) is 3.40. The Morgan fingerprint density at radius 3 is 2.21 bits per heavy atom. The molecule has 1 fully saturated rings. The topological polar surface area (TPSA) is 104 Å². The van der Waals surface area contributed by atoms with Gasteiger partial charge >= 0.3 is 5.97 Å². The molecule has 3 aromatic carbocycles. The molecule has 3 aromatic rings. The average molecular weight is 481 g/mol. The molecule has 2 N–H and O–H groups in total. The number of aromatic carboxylic acids is 1. The first-order chi connectivity index (χ1) is 15.8. The number of imide groups is 1. The van der Waals surface area contributed by atoms with Crippen LogP contribution in [0.3, 0.4) is 0 Å². The number of carbonyl (C=O) groups is 4. The fourth-order valence-corrected chi connectivity index (χ4v) is 4.58. The number of nitrogens with one attached hydrogen (secondary N) is 1. The Morgan fingerprint density at radius 1 is 0.939 bits per heavy atom. The van der Waals surface area contributed by atoms with Gasteiger partial charge in [0.1, 0.15) is 0 Å². The minimum atomic E-state index is -1.18. The maximum absolute atomic E-state index is 12.8. The van der Waals surface area contributed by atoms with Gasteiger partial charge in [0.15, 0.2) is 0 Å². The first-order valence-corrected chi connectivity index (χ1v) is 11.1. The molecule has 1 aliphatic rings. The highest BCUT2D eigenvalue weighted by Crippen LogP contribution is 2.34. The van der Waals surface area contributed by atoms with Crippen molar-refractivity contribution < 1.29 is 24.3 Å². The van der Waals surface area contributed by atoms with E-state index in [9.17, 15) is 24.3 Å². The van der Waals surface area contributed by atoms with Crippen molar-refractivity contribution in [1.29, 1.82) is 0 Å². The third-order valence-electron chi connectivity index (χ3n) is 4.98. The molecule has 166 valence electrons. The van der Waals surface area contributed by atoms with Crippen LogP contribution in [0.1, 0.15) is 27.1 Å². The predicted molar refractivity (Wildman–Crippen MR) is 126 cm³/mol. The number of thioether (sulfide) groups is 1. The molecular weight excluding hydrogens is 464 g/mol. The summed E-state index contributed by atoms with van der Waals surface area (Å²) in [6.07, 6.45) is 0.0799. The number of nitrogens with zero attached hydrogens (tertiary/aromatic N) is 1. The van der Waals surface area contributed by atoms with E-state index in [-0.39, 0.29) is 29.4 Å². The Balaban J connectivity index is 1.42. The van der Waals surface area contributed by atoms with Crippen molar-refractivity contribution in [2.75, 3.05) is 10.2 Å². The van der Waals surface area contributed by atoms with Crippen molar-refractivity contribution in [3.63, 3.8) is 0 Å². The minimum Gasteiger partial charge on any atom is -0.478 e. The molecule has 1 heterocycles. The largest absolute Gasteiger partial charge is 0.478 e. The molecule has 1 unspecified atom stereocenters. The van der Waals surface area contributed by atoms with Crippen LogP contribution >= 0.6 is 23.4 Å². The molecule has 1 saturated heterocycles. The Hall–Kier alpha value is -3.62. The van der Waals surface area contributed by atoms with E-state index in [1.54, 1.807) is 60.7 Å². The van der Waals surface area contributed by atoms with E-state index in [0.29, 0.717) is 16.4 Å². The zero-order chi connectivity index (χ0) is 23.5. The monoisotopic (exact) mass is 480 g/mol. The molecule has 0 aromatic heterocycles. The van der Waals surface area contributed by atoms with E-state index in [4.69, 9.17) is 11.6 Å². The summed E-state index contributed by atoms with van der Waals surface area (Å²) in [5.41, 5.74) is 0.927. The van der Waals surface area contributed by atoms with Crippen LogP contribution < -0.4 is 10.2 Å². The number of amides is 3. The molecular formula is C24H17ClN2O5S. The van der Waals surface area contributed by atoms with Crippen LogP contribution in [-0.4, -0.2) is 34.0 Å². The number of benzene rings is 3. The van der Waals surface area contributed by atoms with Gasteiger partial charge in [-0.15, -0.1) is 11.8 Å². The summed E-state index contributed by atoms with van der Waals surface area (Å²) in [7, 11) is 0. The van der Waals surface area contributed by atoms with Gasteiger partial charge in [-0.3, -0.25) is 14.4 Å². The van der Waals surface area contributed by atoms with Crippen molar-refractivity contribution in [2.45, 2.75) is 16.6 Å². The number of carbonyl (C=O) groups excluding carboxylic acids is 3. The van der Waals surface area contributed by atoms with Crippen molar-refractivity contribution >= 4 is 58.4 Å². The third kappa shape index (κ3) is 4.92. The van der Waals surface area contributed by atoms with E-state index in [1.807, 2.05) is 0 Å². The van der Waals surface area contributed by atoms with Crippen LogP contribution in [-0.2, 0) is 9.59 Å². The Morgan fingerprint density at radius 2 is 1.58 bits per heavy atom. The highest BCUT2D eigenvalue weighted by Gasteiger charge is 2.40. The normalized spacial score (nSPS) is 15.5. The van der Waals surface area contributed by atoms with E-state index in [1.165, 1.54) is 28.8 Å². The van der Waals surface area contributed by atoms with Gasteiger partial charge in [-0.2, -0.15) is 0 Å². The molecule has 33 heavy (non-hydrogen) atoms. The van der Waals surface area contributed by atoms with Gasteiger partial charge in [0.25, 0.3) is 5.91 Å². The van der Waals surface area contributed by atoms with Gasteiger partial charge in [0.2, 0.25) is 11.8 Å². The smallest absolute Gasteiger partial charge is 0.336 e. The van der Waals surface area contributed by atoms with Gasteiger partial charge in [-0.1, -0.05) is 23.7 Å². The highest BCUT2D eigenvalue weighted by molar-refractivity contribution is 8.00.